The molecule has 1 fully saturated rings. The van der Waals surface area contributed by atoms with Crippen LogP contribution in [0.5, 0.6) is 0 Å². The summed E-state index contributed by atoms with van der Waals surface area (Å²) < 4.78 is 27.2. The van der Waals surface area contributed by atoms with Crippen molar-refractivity contribution in [3.63, 3.8) is 0 Å². The summed E-state index contributed by atoms with van der Waals surface area (Å²) >= 11 is 0. The Labute approximate surface area is 107 Å². The van der Waals surface area contributed by atoms with Gasteiger partial charge in [0.05, 0.1) is 5.69 Å². The van der Waals surface area contributed by atoms with Gasteiger partial charge >= 0.3 is 0 Å². The van der Waals surface area contributed by atoms with Crippen molar-refractivity contribution in [2.45, 2.75) is 38.8 Å². The zero-order valence-corrected chi connectivity index (χ0v) is 10.9. The maximum Gasteiger partial charge on any atom is 0.182 e. The van der Waals surface area contributed by atoms with E-state index in [1.54, 1.807) is 12.1 Å². The summed E-state index contributed by atoms with van der Waals surface area (Å²) in [7, 11) is 0. The summed E-state index contributed by atoms with van der Waals surface area (Å²) in [6.07, 6.45) is 1.91. The van der Waals surface area contributed by atoms with Crippen molar-refractivity contribution < 1.29 is 8.78 Å². The lowest BCUT2D eigenvalue weighted by molar-refractivity contribution is 0.373. The molecule has 1 saturated heterocycles. The van der Waals surface area contributed by atoms with Crippen molar-refractivity contribution in [3.05, 3.63) is 29.8 Å². The number of hydrogen-bond donors (Lipinski definition) is 1. The maximum absolute atomic E-state index is 13.9. The van der Waals surface area contributed by atoms with E-state index in [0.717, 1.165) is 25.9 Å². The largest absolute Gasteiger partial charge is 0.363 e. The highest BCUT2D eigenvalue weighted by atomic mass is 19.2. The van der Waals surface area contributed by atoms with E-state index < -0.39 is 11.6 Å². The molecule has 4 heteroatoms. The van der Waals surface area contributed by atoms with E-state index in [-0.39, 0.29) is 6.04 Å². The van der Waals surface area contributed by atoms with Gasteiger partial charge in [-0.25, -0.2) is 8.78 Å². The van der Waals surface area contributed by atoms with Crippen molar-refractivity contribution in [2.75, 3.05) is 18.0 Å². The molecule has 18 heavy (non-hydrogen) atoms. The molecule has 1 heterocycles. The van der Waals surface area contributed by atoms with Gasteiger partial charge in [-0.3, -0.25) is 0 Å². The third-order valence-corrected chi connectivity index (χ3v) is 3.70. The summed E-state index contributed by atoms with van der Waals surface area (Å²) in [6.45, 7) is 5.73. The van der Waals surface area contributed by atoms with Crippen LogP contribution in [0.4, 0.5) is 14.5 Å². The number of anilines is 1. The molecule has 1 aromatic rings. The van der Waals surface area contributed by atoms with Gasteiger partial charge < -0.3 is 10.2 Å². The van der Waals surface area contributed by atoms with Gasteiger partial charge in [0.15, 0.2) is 11.6 Å². The maximum atomic E-state index is 13.9. The third-order valence-electron chi connectivity index (χ3n) is 3.70. The van der Waals surface area contributed by atoms with Crippen LogP contribution in [-0.4, -0.2) is 25.2 Å². The monoisotopic (exact) mass is 254 g/mol. The minimum Gasteiger partial charge on any atom is -0.363 e. The first-order chi connectivity index (χ1) is 8.67. The lowest BCUT2D eigenvalue weighted by Crippen LogP contribution is -2.56. The predicted octanol–water partition coefficient (Wildman–Crippen LogP) is 2.93. The number of benzene rings is 1. The van der Waals surface area contributed by atoms with Gasteiger partial charge in [0.25, 0.3) is 0 Å². The number of piperazine rings is 1. The first-order valence-electron chi connectivity index (χ1n) is 6.61. The molecule has 2 unspecified atom stereocenters. The Morgan fingerprint density at radius 2 is 2.06 bits per heavy atom. The quantitative estimate of drug-likeness (QED) is 0.892. The van der Waals surface area contributed by atoms with Crippen molar-refractivity contribution >= 4 is 5.69 Å². The molecule has 0 saturated carbocycles. The first-order valence-corrected chi connectivity index (χ1v) is 6.61. The molecule has 0 aliphatic carbocycles. The molecule has 0 spiro atoms. The minimum absolute atomic E-state index is 0.226. The highest BCUT2D eigenvalue weighted by Crippen LogP contribution is 2.26. The van der Waals surface area contributed by atoms with Gasteiger partial charge in [-0.2, -0.15) is 0 Å². The summed E-state index contributed by atoms with van der Waals surface area (Å²) in [5, 5.41) is 3.45. The van der Waals surface area contributed by atoms with Crippen LogP contribution in [0.3, 0.4) is 0 Å². The molecule has 0 bridgehead atoms. The number of nitrogens with zero attached hydrogens (tertiary/aromatic N) is 1. The van der Waals surface area contributed by atoms with E-state index in [1.165, 1.54) is 6.07 Å². The molecule has 2 nitrogen and oxygen atoms in total. The Kier molecular flexibility index (Phi) is 4.17. The number of nitrogens with one attached hydrogen (secondary N) is 1. The van der Waals surface area contributed by atoms with Crippen LogP contribution in [0.2, 0.25) is 0 Å². The fourth-order valence-electron chi connectivity index (χ4n) is 2.51. The SMILES string of the molecule is CCC1CN(c2cccc(F)c2F)C(CC)CN1. The summed E-state index contributed by atoms with van der Waals surface area (Å²) in [5.41, 5.74) is 0.391. The standard InChI is InChI=1S/C14H20F2N2/c1-3-10-9-18(11(4-2)8-17-10)13-7-5-6-12(15)14(13)16/h5-7,10-11,17H,3-4,8-9H2,1-2H3. The van der Waals surface area contributed by atoms with Crippen molar-refractivity contribution in [2.24, 2.45) is 0 Å². The molecule has 1 aliphatic heterocycles. The van der Waals surface area contributed by atoms with E-state index in [0.29, 0.717) is 11.7 Å². The fourth-order valence-corrected chi connectivity index (χ4v) is 2.51. The zero-order chi connectivity index (χ0) is 13.1. The van der Waals surface area contributed by atoms with Gasteiger partial charge in [0.1, 0.15) is 0 Å². The molecule has 2 atom stereocenters. The predicted molar refractivity (Wildman–Crippen MR) is 69.9 cm³/mol. The summed E-state index contributed by atoms with van der Waals surface area (Å²) in [6, 6.07) is 4.97. The Morgan fingerprint density at radius 3 is 2.72 bits per heavy atom. The lowest BCUT2D eigenvalue weighted by Gasteiger charge is -2.41. The molecule has 2 rings (SSSR count). The normalized spacial score (nSPS) is 24.3. The fraction of sp³-hybridized carbons (Fsp3) is 0.571. The van der Waals surface area contributed by atoms with Gasteiger partial charge in [0, 0.05) is 25.2 Å². The van der Waals surface area contributed by atoms with E-state index in [9.17, 15) is 8.78 Å². The highest BCUT2D eigenvalue weighted by molar-refractivity contribution is 5.50. The van der Waals surface area contributed by atoms with Crippen molar-refractivity contribution in [1.82, 2.24) is 5.32 Å². The lowest BCUT2D eigenvalue weighted by atomic mass is 10.0. The van der Waals surface area contributed by atoms with E-state index >= 15 is 0 Å². The smallest absolute Gasteiger partial charge is 0.182 e. The number of rotatable bonds is 3. The van der Waals surface area contributed by atoms with Crippen LogP contribution < -0.4 is 10.2 Å². The average molecular weight is 254 g/mol. The molecule has 0 aromatic heterocycles. The van der Waals surface area contributed by atoms with E-state index in [2.05, 4.69) is 19.2 Å². The molecule has 0 amide bonds. The Bertz CT molecular complexity index is 409. The minimum atomic E-state index is -0.770. The topological polar surface area (TPSA) is 15.3 Å². The van der Waals surface area contributed by atoms with Gasteiger partial charge in [-0.1, -0.05) is 19.9 Å². The molecule has 1 aromatic carbocycles. The van der Waals surface area contributed by atoms with E-state index in [1.807, 2.05) is 4.90 Å². The van der Waals surface area contributed by atoms with Crippen molar-refractivity contribution in [1.29, 1.82) is 0 Å². The Morgan fingerprint density at radius 1 is 1.28 bits per heavy atom. The molecular weight excluding hydrogens is 234 g/mol. The Hall–Kier alpha value is -1.16. The van der Waals surface area contributed by atoms with Crippen LogP contribution in [-0.2, 0) is 0 Å². The Balaban J connectivity index is 2.29. The number of halogens is 2. The third kappa shape index (κ3) is 2.48. The molecule has 1 N–H and O–H groups in total. The van der Waals surface area contributed by atoms with Crippen LogP contribution in [0, 0.1) is 11.6 Å². The van der Waals surface area contributed by atoms with Crippen LogP contribution in [0.15, 0.2) is 18.2 Å². The van der Waals surface area contributed by atoms with Gasteiger partial charge in [-0.05, 0) is 25.0 Å². The van der Waals surface area contributed by atoms with E-state index in [4.69, 9.17) is 0 Å². The summed E-state index contributed by atoms with van der Waals surface area (Å²) in [4.78, 5) is 2.00. The van der Waals surface area contributed by atoms with Crippen LogP contribution in [0.1, 0.15) is 26.7 Å². The molecular formula is C14H20F2N2. The molecule has 0 radical (unpaired) electrons. The molecule has 1 aliphatic rings. The second-order valence-corrected chi connectivity index (χ2v) is 4.80. The van der Waals surface area contributed by atoms with Gasteiger partial charge in [-0.15, -0.1) is 0 Å². The zero-order valence-electron chi connectivity index (χ0n) is 10.9. The second-order valence-electron chi connectivity index (χ2n) is 4.80. The van der Waals surface area contributed by atoms with Gasteiger partial charge in [0.2, 0.25) is 0 Å². The van der Waals surface area contributed by atoms with Crippen LogP contribution >= 0.6 is 0 Å². The number of hydrogen-bond acceptors (Lipinski definition) is 2. The average Bonchev–Trinajstić information content (AvgIpc) is 2.41. The summed E-state index contributed by atoms with van der Waals surface area (Å²) in [5.74, 6) is -1.50. The molecule has 100 valence electrons. The highest BCUT2D eigenvalue weighted by Gasteiger charge is 2.28. The second kappa shape index (κ2) is 5.65. The van der Waals surface area contributed by atoms with Crippen LogP contribution in [0.25, 0.3) is 0 Å². The first kappa shape index (κ1) is 13.3. The van der Waals surface area contributed by atoms with Crippen molar-refractivity contribution in [3.8, 4) is 0 Å².